The molecule has 0 saturated heterocycles. The third-order valence-electron chi connectivity index (χ3n) is 3.17. The Kier molecular flexibility index (Phi) is 5.96. The van der Waals surface area contributed by atoms with Gasteiger partial charge in [0.2, 0.25) is 0 Å². The van der Waals surface area contributed by atoms with Gasteiger partial charge < -0.3 is 10.6 Å². The van der Waals surface area contributed by atoms with Gasteiger partial charge in [-0.25, -0.2) is 4.98 Å². The Labute approximate surface area is 150 Å². The second-order valence-corrected chi connectivity index (χ2v) is 7.77. The Balaban J connectivity index is 1.77. The summed E-state index contributed by atoms with van der Waals surface area (Å²) >= 11 is 7.17. The van der Waals surface area contributed by atoms with Crippen LogP contribution in [0.5, 0.6) is 0 Å². The van der Waals surface area contributed by atoms with Crippen molar-refractivity contribution in [2.75, 3.05) is 13.1 Å². The smallest absolute Gasteiger partial charge is 0.263 e. The number of carbonyl (C=O) groups is 2. The monoisotopic (exact) mass is 365 g/mol. The molecule has 128 valence electrons. The highest BCUT2D eigenvalue weighted by atomic mass is 35.5. The molecular formula is C17H20ClN3O2S. The number of benzene rings is 1. The average Bonchev–Trinajstić information content (AvgIpc) is 3.02. The molecule has 0 atom stereocenters. The highest BCUT2D eigenvalue weighted by molar-refractivity contribution is 7.13. The lowest BCUT2D eigenvalue weighted by molar-refractivity contribution is 0.0929. The predicted octanol–water partition coefficient (Wildman–Crippen LogP) is 3.25. The molecular weight excluding hydrogens is 346 g/mol. The highest BCUT2D eigenvalue weighted by Gasteiger charge is 2.20. The van der Waals surface area contributed by atoms with E-state index < -0.39 is 0 Å². The van der Waals surface area contributed by atoms with Crippen LogP contribution in [0.3, 0.4) is 0 Å². The van der Waals surface area contributed by atoms with Crippen LogP contribution in [-0.4, -0.2) is 29.9 Å². The molecule has 1 aromatic heterocycles. The van der Waals surface area contributed by atoms with E-state index in [0.29, 0.717) is 28.6 Å². The Bertz CT molecular complexity index is 720. The van der Waals surface area contributed by atoms with E-state index in [1.807, 2.05) is 0 Å². The van der Waals surface area contributed by atoms with Gasteiger partial charge in [0.15, 0.2) is 0 Å². The molecule has 2 amide bonds. The van der Waals surface area contributed by atoms with Crippen molar-refractivity contribution < 1.29 is 9.59 Å². The number of amides is 2. The number of hydrogen-bond donors (Lipinski definition) is 2. The first-order valence-corrected chi connectivity index (χ1v) is 8.75. The van der Waals surface area contributed by atoms with Gasteiger partial charge in [-0.3, -0.25) is 9.59 Å². The molecule has 0 saturated carbocycles. The van der Waals surface area contributed by atoms with Gasteiger partial charge in [-0.05, 0) is 24.3 Å². The number of hydrogen-bond acceptors (Lipinski definition) is 4. The van der Waals surface area contributed by atoms with Crippen LogP contribution in [0.25, 0.3) is 0 Å². The van der Waals surface area contributed by atoms with Gasteiger partial charge in [0.1, 0.15) is 4.88 Å². The van der Waals surface area contributed by atoms with Gasteiger partial charge in [0.05, 0.1) is 11.2 Å². The minimum atomic E-state index is -0.200. The summed E-state index contributed by atoms with van der Waals surface area (Å²) in [5.41, 5.74) is 0.457. The lowest BCUT2D eigenvalue weighted by Gasteiger charge is -2.13. The molecule has 0 aliphatic carbocycles. The Morgan fingerprint density at radius 2 is 1.67 bits per heavy atom. The summed E-state index contributed by atoms with van der Waals surface area (Å²) in [6, 6.07) is 6.63. The Morgan fingerprint density at radius 1 is 1.08 bits per heavy atom. The first kappa shape index (κ1) is 18.4. The number of thiazole rings is 1. The maximum atomic E-state index is 12.1. The number of halogens is 1. The third-order valence-corrected chi connectivity index (χ3v) is 4.85. The lowest BCUT2D eigenvalue weighted by Crippen LogP contribution is -2.34. The van der Waals surface area contributed by atoms with Crippen LogP contribution in [0.2, 0.25) is 5.02 Å². The number of rotatable bonds is 5. The molecule has 0 spiro atoms. The van der Waals surface area contributed by atoms with Crippen molar-refractivity contribution in [3.63, 3.8) is 0 Å². The van der Waals surface area contributed by atoms with E-state index in [1.165, 1.54) is 11.3 Å². The quantitative estimate of drug-likeness (QED) is 0.799. The molecule has 2 N–H and O–H groups in total. The maximum Gasteiger partial charge on any atom is 0.263 e. The first-order chi connectivity index (χ1) is 11.3. The van der Waals surface area contributed by atoms with Crippen LogP contribution < -0.4 is 10.6 Å². The fourth-order valence-corrected chi connectivity index (χ4v) is 2.88. The summed E-state index contributed by atoms with van der Waals surface area (Å²) in [4.78, 5) is 28.8. The molecule has 1 aromatic carbocycles. The summed E-state index contributed by atoms with van der Waals surface area (Å²) in [5, 5.41) is 7.02. The van der Waals surface area contributed by atoms with Crippen molar-refractivity contribution in [2.24, 2.45) is 0 Å². The van der Waals surface area contributed by atoms with Gasteiger partial charge in [-0.2, -0.15) is 0 Å². The van der Waals surface area contributed by atoms with Gasteiger partial charge >= 0.3 is 0 Å². The molecule has 0 unspecified atom stereocenters. The Hall–Kier alpha value is -1.92. The largest absolute Gasteiger partial charge is 0.350 e. The first-order valence-electron chi connectivity index (χ1n) is 7.55. The molecule has 0 bridgehead atoms. The van der Waals surface area contributed by atoms with Crippen LogP contribution >= 0.6 is 22.9 Å². The third kappa shape index (κ3) is 5.04. The molecule has 0 fully saturated rings. The van der Waals surface area contributed by atoms with Crippen molar-refractivity contribution in [3.8, 4) is 0 Å². The predicted molar refractivity (Wildman–Crippen MR) is 96.9 cm³/mol. The van der Waals surface area contributed by atoms with Crippen LogP contribution in [0.1, 0.15) is 45.8 Å². The molecule has 2 aromatic rings. The fourth-order valence-electron chi connectivity index (χ4n) is 1.87. The van der Waals surface area contributed by atoms with E-state index in [0.717, 1.165) is 5.01 Å². The van der Waals surface area contributed by atoms with Crippen molar-refractivity contribution in [3.05, 3.63) is 50.9 Å². The number of nitrogens with one attached hydrogen (secondary N) is 2. The standard InChI is InChI=1S/C17H20ClN3O2S/c1-17(2,3)16-21-10-13(24-16)15(23)20-9-8-19-14(22)11-4-6-12(18)7-5-11/h4-7,10H,8-9H2,1-3H3,(H,19,22)(H,20,23). The van der Waals surface area contributed by atoms with E-state index in [2.05, 4.69) is 36.4 Å². The second kappa shape index (κ2) is 7.77. The van der Waals surface area contributed by atoms with Crippen LogP contribution in [0.15, 0.2) is 30.5 Å². The topological polar surface area (TPSA) is 71.1 Å². The van der Waals surface area contributed by atoms with Gasteiger partial charge in [0.25, 0.3) is 11.8 Å². The maximum absolute atomic E-state index is 12.1. The van der Waals surface area contributed by atoms with E-state index >= 15 is 0 Å². The van der Waals surface area contributed by atoms with E-state index in [4.69, 9.17) is 11.6 Å². The van der Waals surface area contributed by atoms with Gasteiger partial charge in [0, 0.05) is 29.1 Å². The van der Waals surface area contributed by atoms with Crippen molar-refractivity contribution in [1.82, 2.24) is 15.6 Å². The van der Waals surface area contributed by atoms with Crippen molar-refractivity contribution in [1.29, 1.82) is 0 Å². The van der Waals surface area contributed by atoms with Crippen LogP contribution in [0.4, 0.5) is 0 Å². The van der Waals surface area contributed by atoms with Gasteiger partial charge in [-0.15, -0.1) is 11.3 Å². The molecule has 0 radical (unpaired) electrons. The minimum Gasteiger partial charge on any atom is -0.350 e. The summed E-state index contributed by atoms with van der Waals surface area (Å²) in [6.07, 6.45) is 1.59. The van der Waals surface area contributed by atoms with Crippen LogP contribution in [0, 0.1) is 0 Å². The highest BCUT2D eigenvalue weighted by Crippen LogP contribution is 2.26. The van der Waals surface area contributed by atoms with E-state index in [-0.39, 0.29) is 17.2 Å². The molecule has 24 heavy (non-hydrogen) atoms. The molecule has 0 aliphatic heterocycles. The molecule has 7 heteroatoms. The number of nitrogens with zero attached hydrogens (tertiary/aromatic N) is 1. The molecule has 5 nitrogen and oxygen atoms in total. The number of aromatic nitrogens is 1. The number of carbonyl (C=O) groups excluding carboxylic acids is 2. The summed E-state index contributed by atoms with van der Waals surface area (Å²) in [5.74, 6) is -0.377. The fraction of sp³-hybridized carbons (Fsp3) is 0.353. The SMILES string of the molecule is CC(C)(C)c1ncc(C(=O)NCCNC(=O)c2ccc(Cl)cc2)s1. The zero-order valence-corrected chi connectivity index (χ0v) is 15.4. The summed E-state index contributed by atoms with van der Waals surface area (Å²) in [7, 11) is 0. The van der Waals surface area contributed by atoms with E-state index in [9.17, 15) is 9.59 Å². The molecule has 2 rings (SSSR count). The van der Waals surface area contributed by atoms with E-state index in [1.54, 1.807) is 30.5 Å². The average molecular weight is 366 g/mol. The molecule has 1 heterocycles. The second-order valence-electron chi connectivity index (χ2n) is 6.30. The zero-order valence-electron chi connectivity index (χ0n) is 13.9. The Morgan fingerprint density at radius 3 is 2.21 bits per heavy atom. The minimum absolute atomic E-state index is 0.0737. The van der Waals surface area contributed by atoms with Crippen molar-refractivity contribution >= 4 is 34.8 Å². The zero-order chi connectivity index (χ0) is 17.7. The van der Waals surface area contributed by atoms with Crippen LogP contribution in [-0.2, 0) is 5.41 Å². The van der Waals surface area contributed by atoms with Gasteiger partial charge in [-0.1, -0.05) is 32.4 Å². The summed E-state index contributed by atoms with van der Waals surface area (Å²) in [6.45, 7) is 6.86. The molecule has 0 aliphatic rings. The lowest BCUT2D eigenvalue weighted by atomic mass is 9.98. The van der Waals surface area contributed by atoms with Crippen molar-refractivity contribution in [2.45, 2.75) is 26.2 Å². The summed E-state index contributed by atoms with van der Waals surface area (Å²) < 4.78 is 0. The normalized spacial score (nSPS) is 11.2.